The van der Waals surface area contributed by atoms with Crippen LogP contribution in [0.3, 0.4) is 0 Å². The number of benzene rings is 1. The van der Waals surface area contributed by atoms with Crippen molar-refractivity contribution in [2.24, 2.45) is 0 Å². The number of hydrogen-bond donors (Lipinski definition) is 1. The molecule has 1 aromatic carbocycles. The molecule has 0 spiro atoms. The first kappa shape index (κ1) is 17.7. The summed E-state index contributed by atoms with van der Waals surface area (Å²) < 4.78 is 1.82. The minimum Gasteiger partial charge on any atom is -0.299 e. The second kappa shape index (κ2) is 6.79. The summed E-state index contributed by atoms with van der Waals surface area (Å²) in [6.45, 7) is 7.86. The highest BCUT2D eigenvalue weighted by Gasteiger charge is 2.28. The average Bonchev–Trinajstić information content (AvgIpc) is 3.25. The van der Waals surface area contributed by atoms with Gasteiger partial charge in [-0.1, -0.05) is 55.8 Å². The van der Waals surface area contributed by atoms with Crippen molar-refractivity contribution in [1.82, 2.24) is 30.3 Å². The van der Waals surface area contributed by atoms with Gasteiger partial charge in [-0.15, -0.1) is 16.9 Å². The monoisotopic (exact) mass is 388 g/mol. The molecule has 1 aliphatic rings. The van der Waals surface area contributed by atoms with Crippen LogP contribution < -0.4 is 5.32 Å². The lowest BCUT2D eigenvalue weighted by Gasteiger charge is -2.19. The van der Waals surface area contributed by atoms with E-state index in [9.17, 15) is 0 Å². The fourth-order valence-corrected chi connectivity index (χ4v) is 4.12. The fraction of sp³-hybridized carbons (Fsp3) is 0.444. The van der Waals surface area contributed by atoms with E-state index in [4.69, 9.17) is 21.6 Å². The van der Waals surface area contributed by atoms with E-state index in [1.165, 1.54) is 0 Å². The van der Waals surface area contributed by atoms with Gasteiger partial charge >= 0.3 is 0 Å². The van der Waals surface area contributed by atoms with Gasteiger partial charge in [0.25, 0.3) is 0 Å². The van der Waals surface area contributed by atoms with Crippen molar-refractivity contribution in [2.75, 3.05) is 12.3 Å². The third-order valence-electron chi connectivity index (χ3n) is 4.30. The lowest BCUT2D eigenvalue weighted by Crippen LogP contribution is -2.21. The molecule has 1 aliphatic heterocycles. The molecule has 0 saturated carbocycles. The smallest absolute Gasteiger partial charge is 0.182 e. The number of hydrogen-bond acceptors (Lipinski definition) is 6. The van der Waals surface area contributed by atoms with Gasteiger partial charge < -0.3 is 0 Å². The van der Waals surface area contributed by atoms with Crippen LogP contribution >= 0.6 is 23.4 Å². The van der Waals surface area contributed by atoms with Crippen LogP contribution in [-0.2, 0) is 12.0 Å². The summed E-state index contributed by atoms with van der Waals surface area (Å²) in [6, 6.07) is 7.78. The topological polar surface area (TPSA) is 68.5 Å². The van der Waals surface area contributed by atoms with Crippen LogP contribution in [0, 0.1) is 0 Å². The van der Waals surface area contributed by atoms with E-state index in [1.807, 2.05) is 40.7 Å². The molecule has 0 aliphatic carbocycles. The van der Waals surface area contributed by atoms with Gasteiger partial charge in [-0.3, -0.25) is 5.32 Å². The van der Waals surface area contributed by atoms with Crippen LogP contribution in [0.2, 0.25) is 5.02 Å². The molecule has 1 unspecified atom stereocenters. The molecule has 3 aromatic rings. The molecule has 4 rings (SSSR count). The molecule has 1 N–H and O–H groups in total. The predicted molar refractivity (Wildman–Crippen MR) is 106 cm³/mol. The Bertz CT molecular complexity index is 942. The zero-order chi connectivity index (χ0) is 18.3. The molecule has 2 aromatic heterocycles. The van der Waals surface area contributed by atoms with Gasteiger partial charge in [0.1, 0.15) is 11.5 Å². The minimum atomic E-state index is -0.161. The number of nitrogens with zero attached hydrogens (tertiary/aromatic N) is 5. The fourth-order valence-electron chi connectivity index (χ4n) is 2.89. The molecule has 6 nitrogen and oxygen atoms in total. The normalized spacial score (nSPS) is 17.9. The zero-order valence-corrected chi connectivity index (χ0v) is 16.6. The number of halogens is 1. The second-order valence-electron chi connectivity index (χ2n) is 7.40. The number of nitrogens with one attached hydrogen (secondary N) is 1. The quantitative estimate of drug-likeness (QED) is 0.739. The number of fused-ring (bicyclic) bond motifs is 1. The lowest BCUT2D eigenvalue weighted by atomic mass is 9.95. The largest absolute Gasteiger partial charge is 0.299 e. The van der Waals surface area contributed by atoms with Crippen LogP contribution in [0.1, 0.15) is 43.2 Å². The molecular formula is C18H21ClN6S. The van der Waals surface area contributed by atoms with Crippen molar-refractivity contribution in [2.45, 2.75) is 38.1 Å². The summed E-state index contributed by atoms with van der Waals surface area (Å²) in [6.07, 6.45) is 0. The minimum absolute atomic E-state index is 0.132. The second-order valence-corrected chi connectivity index (χ2v) is 9.02. The molecule has 0 amide bonds. The van der Waals surface area contributed by atoms with Gasteiger partial charge in [0.2, 0.25) is 0 Å². The van der Waals surface area contributed by atoms with Crippen molar-refractivity contribution in [1.29, 1.82) is 0 Å². The van der Waals surface area contributed by atoms with Crippen LogP contribution in [-0.4, -0.2) is 37.3 Å². The lowest BCUT2D eigenvalue weighted by molar-refractivity contribution is 0.540. The summed E-state index contributed by atoms with van der Waals surface area (Å²) >= 11 is 8.17. The van der Waals surface area contributed by atoms with Gasteiger partial charge in [-0.25, -0.2) is 14.6 Å². The molecular weight excluding hydrogens is 368 g/mol. The van der Waals surface area contributed by atoms with E-state index < -0.39 is 0 Å². The van der Waals surface area contributed by atoms with Crippen molar-refractivity contribution in [3.63, 3.8) is 0 Å². The van der Waals surface area contributed by atoms with Crippen molar-refractivity contribution >= 4 is 34.5 Å². The molecule has 1 fully saturated rings. The maximum Gasteiger partial charge on any atom is 0.182 e. The third-order valence-corrected chi connectivity index (χ3v) is 5.84. The Hall–Kier alpha value is -1.70. The Morgan fingerprint density at radius 1 is 1.27 bits per heavy atom. The molecule has 1 atom stereocenters. The van der Waals surface area contributed by atoms with E-state index in [0.717, 1.165) is 45.6 Å². The molecule has 0 radical (unpaired) electrons. The maximum atomic E-state index is 6.32. The average molecular weight is 389 g/mol. The number of aromatic nitrogens is 5. The number of thioether (sulfide) groups is 1. The van der Waals surface area contributed by atoms with Crippen molar-refractivity contribution < 1.29 is 0 Å². The summed E-state index contributed by atoms with van der Waals surface area (Å²) in [5.41, 5.74) is 3.27. The van der Waals surface area contributed by atoms with Gasteiger partial charge in [-0.2, -0.15) is 0 Å². The zero-order valence-electron chi connectivity index (χ0n) is 15.0. The van der Waals surface area contributed by atoms with Crippen LogP contribution in [0.4, 0.5) is 0 Å². The first-order chi connectivity index (χ1) is 12.4. The molecule has 1 saturated heterocycles. The maximum absolute atomic E-state index is 6.32. The highest BCUT2D eigenvalue weighted by Crippen LogP contribution is 2.33. The Morgan fingerprint density at radius 3 is 2.77 bits per heavy atom. The Balaban J connectivity index is 1.85. The van der Waals surface area contributed by atoms with Gasteiger partial charge in [0, 0.05) is 22.7 Å². The van der Waals surface area contributed by atoms with Gasteiger partial charge in [0.15, 0.2) is 11.2 Å². The Kier molecular flexibility index (Phi) is 4.62. The van der Waals surface area contributed by atoms with Gasteiger partial charge in [-0.05, 0) is 11.6 Å². The van der Waals surface area contributed by atoms with Crippen molar-refractivity contribution in [3.8, 4) is 0 Å². The summed E-state index contributed by atoms with van der Waals surface area (Å²) in [7, 11) is 0. The van der Waals surface area contributed by atoms with E-state index >= 15 is 0 Å². The molecule has 0 bridgehead atoms. The standard InChI is InChI=1S/C18H21ClN6S/c1-18(2,3)17-21-14(16-20-8-9-26-16)13-15(22-17)25(24-23-13)10-11-6-4-5-7-12(11)19/h4-7,16,20H,8-10H2,1-3H3. The van der Waals surface area contributed by atoms with Crippen LogP contribution in [0.15, 0.2) is 24.3 Å². The van der Waals surface area contributed by atoms with E-state index in [2.05, 4.69) is 36.4 Å². The third kappa shape index (κ3) is 3.31. The molecule has 8 heteroatoms. The summed E-state index contributed by atoms with van der Waals surface area (Å²) in [5.74, 6) is 1.87. The first-order valence-corrected chi connectivity index (χ1v) is 10.1. The van der Waals surface area contributed by atoms with Crippen LogP contribution in [0.25, 0.3) is 11.2 Å². The summed E-state index contributed by atoms with van der Waals surface area (Å²) in [4.78, 5) is 9.67. The van der Waals surface area contributed by atoms with Gasteiger partial charge in [0.05, 0.1) is 11.9 Å². The Morgan fingerprint density at radius 2 is 2.08 bits per heavy atom. The molecule has 3 heterocycles. The first-order valence-electron chi connectivity index (χ1n) is 8.63. The molecule has 136 valence electrons. The highest BCUT2D eigenvalue weighted by atomic mass is 35.5. The molecule has 26 heavy (non-hydrogen) atoms. The van der Waals surface area contributed by atoms with Crippen molar-refractivity contribution in [3.05, 3.63) is 46.4 Å². The van der Waals surface area contributed by atoms with E-state index in [1.54, 1.807) is 0 Å². The van der Waals surface area contributed by atoms with E-state index in [0.29, 0.717) is 6.54 Å². The highest BCUT2D eigenvalue weighted by molar-refractivity contribution is 7.99. The van der Waals surface area contributed by atoms with Crippen LogP contribution in [0.5, 0.6) is 0 Å². The van der Waals surface area contributed by atoms with E-state index in [-0.39, 0.29) is 10.8 Å². The predicted octanol–water partition coefficient (Wildman–Crippen LogP) is 3.56. The number of rotatable bonds is 3. The summed E-state index contributed by atoms with van der Waals surface area (Å²) in [5, 5.41) is 13.1. The Labute approximate surface area is 161 Å². The SMILES string of the molecule is CC(C)(C)c1nc(C2NCCS2)c2nnn(Cc3ccccc3Cl)c2n1.